The van der Waals surface area contributed by atoms with Crippen LogP contribution in [0.15, 0.2) is 53.6 Å². The predicted octanol–water partition coefficient (Wildman–Crippen LogP) is 3.23. The largest absolute Gasteiger partial charge is 0.378 e. The molecule has 0 aliphatic carbocycles. The summed E-state index contributed by atoms with van der Waals surface area (Å²) in [5, 5.41) is 20.7. The zero-order chi connectivity index (χ0) is 16.0. The fourth-order valence-electron chi connectivity index (χ4n) is 2.94. The van der Waals surface area contributed by atoms with Crippen molar-refractivity contribution < 1.29 is 5.11 Å². The van der Waals surface area contributed by atoms with Crippen LogP contribution >= 0.6 is 11.8 Å². The van der Waals surface area contributed by atoms with Crippen LogP contribution in [0.3, 0.4) is 0 Å². The minimum atomic E-state index is -1.07. The second kappa shape index (κ2) is 5.22. The second-order valence-electron chi connectivity index (χ2n) is 5.96. The number of nitrogens with zero attached hydrogens (tertiary/aromatic N) is 3. The van der Waals surface area contributed by atoms with Crippen LogP contribution in [-0.2, 0) is 5.60 Å². The van der Waals surface area contributed by atoms with Gasteiger partial charge in [0.05, 0.1) is 5.69 Å². The van der Waals surface area contributed by atoms with E-state index in [0.717, 1.165) is 21.8 Å². The highest BCUT2D eigenvalue weighted by molar-refractivity contribution is 7.99. The molecule has 0 fully saturated rings. The first-order valence-electron chi connectivity index (χ1n) is 7.54. The highest BCUT2D eigenvalue weighted by Crippen LogP contribution is 2.45. The Morgan fingerprint density at radius 2 is 1.91 bits per heavy atom. The summed E-state index contributed by atoms with van der Waals surface area (Å²) in [5.74, 6) is 0.558. The molecular formula is C18H17N3OS. The molecule has 1 aliphatic heterocycles. The van der Waals surface area contributed by atoms with Crippen molar-refractivity contribution in [2.75, 3.05) is 5.75 Å². The topological polar surface area (TPSA) is 50.9 Å². The maximum absolute atomic E-state index is 11.2. The normalized spacial score (nSPS) is 19.8. The van der Waals surface area contributed by atoms with Crippen molar-refractivity contribution in [2.45, 2.75) is 24.5 Å². The second-order valence-corrected chi connectivity index (χ2v) is 6.92. The SMILES string of the molecule is Cc1ccc(C)c(-n2nnc3c2SC[C@]3(O)c2ccccc2)c1. The van der Waals surface area contributed by atoms with Crippen molar-refractivity contribution in [3.05, 3.63) is 70.9 Å². The van der Waals surface area contributed by atoms with E-state index in [1.54, 1.807) is 11.8 Å². The molecule has 4 nitrogen and oxygen atoms in total. The molecule has 1 atom stereocenters. The molecule has 5 heteroatoms. The summed E-state index contributed by atoms with van der Waals surface area (Å²) >= 11 is 1.60. The molecule has 0 spiro atoms. The fourth-order valence-corrected chi connectivity index (χ4v) is 4.20. The standard InChI is InChI=1S/C18H17N3OS/c1-12-8-9-13(2)15(10-12)21-17-16(19-20-21)18(22,11-23-17)14-6-4-3-5-7-14/h3-10,22H,11H2,1-2H3/t18-/m0/s1. The number of hydrogen-bond acceptors (Lipinski definition) is 4. The van der Waals surface area contributed by atoms with E-state index >= 15 is 0 Å². The van der Waals surface area contributed by atoms with Crippen molar-refractivity contribution in [1.82, 2.24) is 15.0 Å². The Kier molecular flexibility index (Phi) is 3.28. The first-order valence-corrected chi connectivity index (χ1v) is 8.53. The van der Waals surface area contributed by atoms with Gasteiger partial charge in [-0.25, -0.2) is 4.68 Å². The van der Waals surface area contributed by atoms with Gasteiger partial charge in [0, 0.05) is 5.75 Å². The Labute approximate surface area is 139 Å². The molecule has 0 saturated heterocycles. The lowest BCUT2D eigenvalue weighted by Gasteiger charge is -2.20. The highest BCUT2D eigenvalue weighted by Gasteiger charge is 2.44. The quantitative estimate of drug-likeness (QED) is 0.787. The van der Waals surface area contributed by atoms with Gasteiger partial charge in [-0.05, 0) is 36.6 Å². The molecule has 2 heterocycles. The summed E-state index contributed by atoms with van der Waals surface area (Å²) in [6.07, 6.45) is 0. The molecule has 3 aromatic rings. The van der Waals surface area contributed by atoms with E-state index in [1.165, 1.54) is 5.56 Å². The van der Waals surface area contributed by atoms with Gasteiger partial charge in [-0.2, -0.15) is 0 Å². The third-order valence-electron chi connectivity index (χ3n) is 4.28. The lowest BCUT2D eigenvalue weighted by Crippen LogP contribution is -2.27. The molecule has 0 amide bonds. The van der Waals surface area contributed by atoms with Gasteiger partial charge in [0.15, 0.2) is 0 Å². The van der Waals surface area contributed by atoms with Gasteiger partial charge in [0.2, 0.25) is 0 Å². The Bertz CT molecular complexity index is 875. The first kappa shape index (κ1) is 14.5. The van der Waals surface area contributed by atoms with Gasteiger partial charge in [-0.1, -0.05) is 47.7 Å². The van der Waals surface area contributed by atoms with Gasteiger partial charge < -0.3 is 5.11 Å². The van der Waals surface area contributed by atoms with Crippen LogP contribution in [0.5, 0.6) is 0 Å². The van der Waals surface area contributed by atoms with Gasteiger partial charge in [0.1, 0.15) is 16.3 Å². The van der Waals surface area contributed by atoms with Crippen LogP contribution in [0.1, 0.15) is 22.4 Å². The minimum Gasteiger partial charge on any atom is -0.378 e. The number of rotatable bonds is 2. The van der Waals surface area contributed by atoms with E-state index in [-0.39, 0.29) is 0 Å². The van der Waals surface area contributed by atoms with Crippen molar-refractivity contribution in [3.63, 3.8) is 0 Å². The fraction of sp³-hybridized carbons (Fsp3) is 0.222. The molecule has 1 N–H and O–H groups in total. The minimum absolute atomic E-state index is 0.558. The molecular weight excluding hydrogens is 306 g/mol. The van der Waals surface area contributed by atoms with Crippen LogP contribution in [0.25, 0.3) is 5.69 Å². The summed E-state index contributed by atoms with van der Waals surface area (Å²) in [6, 6.07) is 16.0. The molecule has 23 heavy (non-hydrogen) atoms. The third-order valence-corrected chi connectivity index (χ3v) is 5.48. The average molecular weight is 323 g/mol. The van der Waals surface area contributed by atoms with Crippen LogP contribution in [0.4, 0.5) is 0 Å². The monoisotopic (exact) mass is 323 g/mol. The maximum atomic E-state index is 11.2. The van der Waals surface area contributed by atoms with Gasteiger partial charge in [-0.3, -0.25) is 0 Å². The van der Waals surface area contributed by atoms with E-state index in [2.05, 4.69) is 42.4 Å². The molecule has 0 bridgehead atoms. The van der Waals surface area contributed by atoms with Crippen LogP contribution < -0.4 is 0 Å². The van der Waals surface area contributed by atoms with E-state index in [9.17, 15) is 5.11 Å². The average Bonchev–Trinajstić information content (AvgIpc) is 3.13. The van der Waals surface area contributed by atoms with Crippen molar-refractivity contribution in [1.29, 1.82) is 0 Å². The molecule has 1 aliphatic rings. The van der Waals surface area contributed by atoms with Gasteiger partial charge in [0.25, 0.3) is 0 Å². The van der Waals surface area contributed by atoms with E-state index < -0.39 is 5.60 Å². The van der Waals surface area contributed by atoms with Crippen molar-refractivity contribution in [3.8, 4) is 5.69 Å². The number of benzene rings is 2. The number of fused-ring (bicyclic) bond motifs is 1. The summed E-state index contributed by atoms with van der Waals surface area (Å²) < 4.78 is 1.85. The number of hydrogen-bond donors (Lipinski definition) is 1. The maximum Gasteiger partial charge on any atom is 0.145 e. The van der Waals surface area contributed by atoms with Crippen molar-refractivity contribution in [2.24, 2.45) is 0 Å². The smallest absolute Gasteiger partial charge is 0.145 e. The van der Waals surface area contributed by atoms with Crippen LogP contribution in [-0.4, -0.2) is 25.9 Å². The van der Waals surface area contributed by atoms with E-state index in [1.807, 2.05) is 35.0 Å². The molecule has 4 rings (SSSR count). The molecule has 0 saturated carbocycles. The molecule has 1 aromatic heterocycles. The molecule has 116 valence electrons. The number of aromatic nitrogens is 3. The number of thioether (sulfide) groups is 1. The number of aliphatic hydroxyl groups is 1. The number of aryl methyl sites for hydroxylation is 2. The molecule has 0 unspecified atom stereocenters. The lowest BCUT2D eigenvalue weighted by molar-refractivity contribution is 0.104. The summed E-state index contributed by atoms with van der Waals surface area (Å²) in [4.78, 5) is 0. The molecule has 0 radical (unpaired) electrons. The first-order chi connectivity index (χ1) is 11.1. The Hall–Kier alpha value is -2.11. The Morgan fingerprint density at radius 1 is 1.13 bits per heavy atom. The predicted molar refractivity (Wildman–Crippen MR) is 91.0 cm³/mol. The van der Waals surface area contributed by atoms with Crippen molar-refractivity contribution >= 4 is 11.8 Å². The summed E-state index contributed by atoms with van der Waals surface area (Å²) in [5.41, 5.74) is 3.77. The van der Waals surface area contributed by atoms with Gasteiger partial charge >= 0.3 is 0 Å². The highest BCUT2D eigenvalue weighted by atomic mass is 32.2. The Balaban J connectivity index is 1.85. The zero-order valence-electron chi connectivity index (χ0n) is 13.0. The van der Waals surface area contributed by atoms with Crippen LogP contribution in [0, 0.1) is 13.8 Å². The van der Waals surface area contributed by atoms with E-state index in [4.69, 9.17) is 0 Å². The lowest BCUT2D eigenvalue weighted by atomic mass is 9.93. The zero-order valence-corrected chi connectivity index (χ0v) is 13.8. The summed E-state index contributed by atoms with van der Waals surface area (Å²) in [6.45, 7) is 4.12. The summed E-state index contributed by atoms with van der Waals surface area (Å²) in [7, 11) is 0. The third kappa shape index (κ3) is 2.19. The Morgan fingerprint density at radius 3 is 2.70 bits per heavy atom. The van der Waals surface area contributed by atoms with Gasteiger partial charge in [-0.15, -0.1) is 16.9 Å². The molecule has 2 aromatic carbocycles. The van der Waals surface area contributed by atoms with Crippen LogP contribution in [0.2, 0.25) is 0 Å². The van der Waals surface area contributed by atoms with E-state index in [0.29, 0.717) is 11.4 Å².